The van der Waals surface area contributed by atoms with Gasteiger partial charge in [0.2, 0.25) is 11.8 Å². The van der Waals surface area contributed by atoms with Gasteiger partial charge in [-0.1, -0.05) is 18.2 Å². The summed E-state index contributed by atoms with van der Waals surface area (Å²) in [5, 5.41) is 0. The number of benzene rings is 1. The third kappa shape index (κ3) is 3.95. The van der Waals surface area contributed by atoms with Gasteiger partial charge >= 0.3 is 5.97 Å². The van der Waals surface area contributed by atoms with E-state index in [1.54, 1.807) is 30.4 Å². The van der Waals surface area contributed by atoms with Crippen LogP contribution in [0.2, 0.25) is 0 Å². The van der Waals surface area contributed by atoms with E-state index in [0.717, 1.165) is 5.56 Å². The lowest BCUT2D eigenvalue weighted by Crippen LogP contribution is -2.28. The Hall–Kier alpha value is -3.22. The summed E-state index contributed by atoms with van der Waals surface area (Å²) in [5.41, 5.74) is 1.43. The average molecular weight is 324 g/mol. The molecule has 0 bridgehead atoms. The van der Waals surface area contributed by atoms with Crippen LogP contribution in [0.15, 0.2) is 59.5 Å². The van der Waals surface area contributed by atoms with Gasteiger partial charge in [-0.05, 0) is 18.2 Å². The Balaban J connectivity index is 1.53. The molecule has 2 aromatic heterocycles. The minimum Gasteiger partial charge on any atom is -0.458 e. The monoisotopic (exact) mass is 324 g/mol. The van der Waals surface area contributed by atoms with Gasteiger partial charge in [0.25, 0.3) is 0 Å². The SMILES string of the molecule is CN(CC(=O)OCc1coc(-c2ccccc2)n1)c1ncccn1. The fraction of sp³-hybridized carbons (Fsp3) is 0.176. The van der Waals surface area contributed by atoms with Gasteiger partial charge in [-0.25, -0.2) is 15.0 Å². The van der Waals surface area contributed by atoms with Crippen LogP contribution < -0.4 is 4.90 Å². The zero-order valence-electron chi connectivity index (χ0n) is 13.1. The van der Waals surface area contributed by atoms with Crippen LogP contribution >= 0.6 is 0 Å². The average Bonchev–Trinajstić information content (AvgIpc) is 3.10. The molecule has 24 heavy (non-hydrogen) atoms. The van der Waals surface area contributed by atoms with Crippen molar-refractivity contribution in [3.05, 3.63) is 60.7 Å². The molecule has 7 nitrogen and oxygen atoms in total. The van der Waals surface area contributed by atoms with Gasteiger partial charge < -0.3 is 14.1 Å². The fourth-order valence-corrected chi connectivity index (χ4v) is 2.04. The van der Waals surface area contributed by atoms with Crippen molar-refractivity contribution in [3.63, 3.8) is 0 Å². The maximum absolute atomic E-state index is 11.9. The summed E-state index contributed by atoms with van der Waals surface area (Å²) in [4.78, 5) is 26.0. The largest absolute Gasteiger partial charge is 0.458 e. The lowest BCUT2D eigenvalue weighted by atomic mass is 10.2. The topological polar surface area (TPSA) is 81.4 Å². The van der Waals surface area contributed by atoms with Gasteiger partial charge in [-0.15, -0.1) is 0 Å². The summed E-state index contributed by atoms with van der Waals surface area (Å²) >= 11 is 0. The van der Waals surface area contributed by atoms with E-state index in [1.165, 1.54) is 6.26 Å². The smallest absolute Gasteiger partial charge is 0.326 e. The lowest BCUT2D eigenvalue weighted by Gasteiger charge is -2.15. The lowest BCUT2D eigenvalue weighted by molar-refractivity contribution is -0.143. The van der Waals surface area contributed by atoms with Crippen molar-refractivity contribution in [1.82, 2.24) is 15.0 Å². The van der Waals surface area contributed by atoms with Crippen LogP contribution in [-0.2, 0) is 16.1 Å². The van der Waals surface area contributed by atoms with Crippen LogP contribution in [0, 0.1) is 0 Å². The van der Waals surface area contributed by atoms with Gasteiger partial charge in [0.05, 0.1) is 0 Å². The molecule has 0 aliphatic carbocycles. The Bertz CT molecular complexity index is 790. The summed E-state index contributed by atoms with van der Waals surface area (Å²) in [6, 6.07) is 11.2. The van der Waals surface area contributed by atoms with Crippen LogP contribution in [0.5, 0.6) is 0 Å². The highest BCUT2D eigenvalue weighted by atomic mass is 16.5. The van der Waals surface area contributed by atoms with Crippen molar-refractivity contribution in [2.75, 3.05) is 18.5 Å². The molecule has 0 unspecified atom stereocenters. The number of hydrogen-bond donors (Lipinski definition) is 0. The summed E-state index contributed by atoms with van der Waals surface area (Å²) < 4.78 is 10.6. The second-order valence-corrected chi connectivity index (χ2v) is 5.08. The maximum Gasteiger partial charge on any atom is 0.326 e. The van der Waals surface area contributed by atoms with E-state index in [2.05, 4.69) is 15.0 Å². The van der Waals surface area contributed by atoms with Gasteiger partial charge in [-0.2, -0.15) is 0 Å². The minimum absolute atomic E-state index is 0.0490. The molecule has 0 saturated heterocycles. The molecule has 1 aromatic carbocycles. The van der Waals surface area contributed by atoms with Crippen LogP contribution in [0.3, 0.4) is 0 Å². The first-order chi connectivity index (χ1) is 11.7. The zero-order chi connectivity index (χ0) is 16.8. The van der Waals surface area contributed by atoms with Crippen LogP contribution in [0.25, 0.3) is 11.5 Å². The molecule has 0 N–H and O–H groups in total. The molecule has 0 spiro atoms. The Kier molecular flexibility index (Phi) is 4.81. The summed E-state index contributed by atoms with van der Waals surface area (Å²) in [6.45, 7) is 0.103. The van der Waals surface area contributed by atoms with Crippen LogP contribution in [0.1, 0.15) is 5.69 Å². The number of carbonyl (C=O) groups excluding carboxylic acids is 1. The van der Waals surface area contributed by atoms with Crippen LogP contribution in [0.4, 0.5) is 5.95 Å². The molecule has 0 atom stereocenters. The third-order valence-corrected chi connectivity index (χ3v) is 3.21. The standard InChI is InChI=1S/C17H16N4O3/c1-21(17-18-8-5-9-19-17)10-15(22)23-11-14-12-24-16(20-14)13-6-3-2-4-7-13/h2-9,12H,10-11H2,1H3. The second-order valence-electron chi connectivity index (χ2n) is 5.08. The number of carbonyl (C=O) groups is 1. The first-order valence-electron chi connectivity index (χ1n) is 7.36. The van der Waals surface area contributed by atoms with Gasteiger partial charge in [0, 0.05) is 25.0 Å². The van der Waals surface area contributed by atoms with Gasteiger partial charge in [0.1, 0.15) is 25.1 Å². The van der Waals surface area contributed by atoms with Crippen molar-refractivity contribution in [2.24, 2.45) is 0 Å². The predicted octanol–water partition coefficient (Wildman–Crippen LogP) is 2.31. The number of anilines is 1. The number of rotatable bonds is 6. The quantitative estimate of drug-likeness (QED) is 0.643. The van der Waals surface area contributed by atoms with E-state index >= 15 is 0 Å². The summed E-state index contributed by atoms with van der Waals surface area (Å²) in [6.07, 6.45) is 4.72. The van der Waals surface area contributed by atoms with Gasteiger partial charge in [0.15, 0.2) is 0 Å². The number of ether oxygens (including phenoxy) is 1. The Morgan fingerprint density at radius 3 is 2.67 bits per heavy atom. The van der Waals surface area contributed by atoms with Crippen molar-refractivity contribution in [2.45, 2.75) is 6.61 Å². The number of esters is 1. The molecule has 3 aromatic rings. The molecule has 0 aliphatic rings. The van der Waals surface area contributed by atoms with Crippen LogP contribution in [-0.4, -0.2) is 34.5 Å². The molecular formula is C17H16N4O3. The molecule has 0 saturated carbocycles. The molecular weight excluding hydrogens is 308 g/mol. The van der Waals surface area contributed by atoms with E-state index in [-0.39, 0.29) is 13.2 Å². The van der Waals surface area contributed by atoms with E-state index < -0.39 is 5.97 Å². The van der Waals surface area contributed by atoms with Gasteiger partial charge in [-0.3, -0.25) is 4.79 Å². The fourth-order valence-electron chi connectivity index (χ4n) is 2.04. The highest BCUT2D eigenvalue weighted by molar-refractivity contribution is 5.74. The minimum atomic E-state index is -0.394. The molecule has 3 rings (SSSR count). The molecule has 0 radical (unpaired) electrons. The van der Waals surface area contributed by atoms with Crippen molar-refractivity contribution < 1.29 is 13.9 Å². The number of nitrogens with zero attached hydrogens (tertiary/aromatic N) is 4. The normalized spacial score (nSPS) is 10.4. The number of hydrogen-bond acceptors (Lipinski definition) is 7. The Morgan fingerprint density at radius 2 is 1.92 bits per heavy atom. The summed E-state index contributed by atoms with van der Waals surface area (Å²) in [5.74, 6) is 0.563. The van der Waals surface area contributed by atoms with E-state index in [1.807, 2.05) is 30.3 Å². The number of aromatic nitrogens is 3. The number of likely N-dealkylation sites (N-methyl/N-ethyl adjacent to an activating group) is 1. The molecule has 0 amide bonds. The van der Waals surface area contributed by atoms with E-state index in [4.69, 9.17) is 9.15 Å². The third-order valence-electron chi connectivity index (χ3n) is 3.21. The second kappa shape index (κ2) is 7.36. The molecule has 122 valence electrons. The molecule has 0 fully saturated rings. The number of oxazole rings is 1. The summed E-state index contributed by atoms with van der Waals surface area (Å²) in [7, 11) is 1.72. The van der Waals surface area contributed by atoms with Crippen molar-refractivity contribution >= 4 is 11.9 Å². The van der Waals surface area contributed by atoms with E-state index in [9.17, 15) is 4.79 Å². The van der Waals surface area contributed by atoms with E-state index in [0.29, 0.717) is 17.5 Å². The molecule has 7 heteroatoms. The Morgan fingerprint density at radius 1 is 1.17 bits per heavy atom. The first-order valence-corrected chi connectivity index (χ1v) is 7.36. The molecule has 0 aliphatic heterocycles. The zero-order valence-corrected chi connectivity index (χ0v) is 13.1. The Labute approximate surface area is 138 Å². The van der Waals surface area contributed by atoms with Crippen molar-refractivity contribution in [1.29, 1.82) is 0 Å². The highest BCUT2D eigenvalue weighted by Crippen LogP contribution is 2.18. The first kappa shape index (κ1) is 15.7. The predicted molar refractivity (Wildman–Crippen MR) is 87.0 cm³/mol. The molecule has 2 heterocycles. The highest BCUT2D eigenvalue weighted by Gasteiger charge is 2.12. The maximum atomic E-state index is 11.9. The van der Waals surface area contributed by atoms with Crippen molar-refractivity contribution in [3.8, 4) is 11.5 Å².